The number of hydrogen-bond acceptors (Lipinski definition) is 0. The highest BCUT2D eigenvalue weighted by atomic mass is 14.5. The Morgan fingerprint density at radius 2 is 1.72 bits per heavy atom. The highest BCUT2D eigenvalue weighted by Crippen LogP contribution is 2.49. The van der Waals surface area contributed by atoms with Gasteiger partial charge in [0.15, 0.2) is 0 Å². The van der Waals surface area contributed by atoms with E-state index >= 15 is 0 Å². The van der Waals surface area contributed by atoms with Crippen molar-refractivity contribution in [3.05, 3.63) is 34.4 Å². The Hall–Kier alpha value is -0.780. The maximum absolute atomic E-state index is 2.48. The molecule has 1 unspecified atom stereocenters. The van der Waals surface area contributed by atoms with Crippen molar-refractivity contribution in [3.63, 3.8) is 0 Å². The summed E-state index contributed by atoms with van der Waals surface area (Å²) in [5, 5.41) is 0. The summed E-state index contributed by atoms with van der Waals surface area (Å²) in [6.07, 6.45) is 2.43. The zero-order chi connectivity index (χ0) is 13.7. The quantitative estimate of drug-likeness (QED) is 0.640. The van der Waals surface area contributed by atoms with Crippen molar-refractivity contribution >= 4 is 0 Å². The Morgan fingerprint density at radius 1 is 1.11 bits per heavy atom. The molecule has 1 aromatic rings. The zero-order valence-corrected chi connectivity index (χ0v) is 13.1. The van der Waals surface area contributed by atoms with Gasteiger partial charge < -0.3 is 0 Å². The maximum Gasteiger partial charge on any atom is -0.00746 e. The van der Waals surface area contributed by atoms with Crippen LogP contribution in [0.4, 0.5) is 0 Å². The van der Waals surface area contributed by atoms with Crippen molar-refractivity contribution < 1.29 is 0 Å². The van der Waals surface area contributed by atoms with Crippen LogP contribution in [0.3, 0.4) is 0 Å². The van der Waals surface area contributed by atoms with Crippen molar-refractivity contribution in [1.82, 2.24) is 0 Å². The van der Waals surface area contributed by atoms with Crippen LogP contribution < -0.4 is 0 Å². The molecule has 0 saturated carbocycles. The standard InChI is InChI=1S/C18H28/c1-8-14-10-15-16(9-12(14)2)18(6,7)13(3)11-17(15,4)5/h9-10,13H,8,11H2,1-7H3. The Morgan fingerprint density at radius 3 is 2.28 bits per heavy atom. The van der Waals surface area contributed by atoms with Crippen LogP contribution >= 0.6 is 0 Å². The smallest absolute Gasteiger partial charge is 0.00746 e. The van der Waals surface area contributed by atoms with Gasteiger partial charge in [-0.25, -0.2) is 0 Å². The van der Waals surface area contributed by atoms with E-state index < -0.39 is 0 Å². The van der Waals surface area contributed by atoms with E-state index in [-0.39, 0.29) is 0 Å². The topological polar surface area (TPSA) is 0 Å². The molecule has 0 amide bonds. The molecule has 0 heteroatoms. The summed E-state index contributed by atoms with van der Waals surface area (Å²) in [7, 11) is 0. The minimum Gasteiger partial charge on any atom is -0.0616 e. The lowest BCUT2D eigenvalue weighted by atomic mass is 9.58. The number of fused-ring (bicyclic) bond motifs is 1. The Labute approximate surface area is 113 Å². The van der Waals surface area contributed by atoms with Gasteiger partial charge >= 0.3 is 0 Å². The average molecular weight is 244 g/mol. The van der Waals surface area contributed by atoms with Gasteiger partial charge in [0.05, 0.1) is 0 Å². The third kappa shape index (κ3) is 1.90. The average Bonchev–Trinajstić information content (AvgIpc) is 2.26. The third-order valence-electron chi connectivity index (χ3n) is 5.33. The summed E-state index contributed by atoms with van der Waals surface area (Å²) in [4.78, 5) is 0. The molecule has 2 rings (SSSR count). The molecule has 1 aliphatic rings. The van der Waals surface area contributed by atoms with E-state index in [1.165, 1.54) is 17.5 Å². The predicted molar refractivity (Wildman–Crippen MR) is 80.4 cm³/mol. The molecule has 0 saturated heterocycles. The van der Waals surface area contributed by atoms with E-state index in [0.717, 1.165) is 12.3 Å². The fourth-order valence-corrected chi connectivity index (χ4v) is 3.62. The molecule has 0 heterocycles. The highest BCUT2D eigenvalue weighted by Gasteiger charge is 2.41. The fourth-order valence-electron chi connectivity index (χ4n) is 3.62. The predicted octanol–water partition coefficient (Wildman–Crippen LogP) is 5.15. The Bertz CT molecular complexity index is 463. The SMILES string of the molecule is CCc1cc2c(cc1C)C(C)(C)C(C)CC2(C)C. The van der Waals surface area contributed by atoms with E-state index in [2.05, 4.69) is 60.6 Å². The van der Waals surface area contributed by atoms with Crippen LogP contribution in [0.1, 0.15) is 70.2 Å². The molecule has 18 heavy (non-hydrogen) atoms. The molecule has 100 valence electrons. The van der Waals surface area contributed by atoms with Crippen molar-refractivity contribution in [2.24, 2.45) is 5.92 Å². The second-order valence-electron chi connectivity index (χ2n) is 7.39. The zero-order valence-electron chi connectivity index (χ0n) is 13.1. The summed E-state index contributed by atoms with van der Waals surface area (Å²) < 4.78 is 0. The van der Waals surface area contributed by atoms with Crippen LogP contribution in [0.25, 0.3) is 0 Å². The summed E-state index contributed by atoms with van der Waals surface area (Å²) in [6, 6.07) is 4.95. The first-order chi connectivity index (χ1) is 8.20. The third-order valence-corrected chi connectivity index (χ3v) is 5.33. The lowest BCUT2D eigenvalue weighted by Gasteiger charge is -2.47. The lowest BCUT2D eigenvalue weighted by Crippen LogP contribution is -2.40. The molecule has 0 aromatic heterocycles. The number of aryl methyl sites for hydroxylation is 2. The van der Waals surface area contributed by atoms with Gasteiger partial charge in [0.25, 0.3) is 0 Å². The van der Waals surface area contributed by atoms with Crippen LogP contribution in [-0.2, 0) is 17.3 Å². The number of benzene rings is 1. The molecule has 0 spiro atoms. The summed E-state index contributed by atoms with van der Waals surface area (Å²) >= 11 is 0. The summed E-state index contributed by atoms with van der Waals surface area (Å²) in [5.41, 5.74) is 6.79. The largest absolute Gasteiger partial charge is 0.0616 e. The van der Waals surface area contributed by atoms with E-state index in [4.69, 9.17) is 0 Å². The second-order valence-corrected chi connectivity index (χ2v) is 7.39. The monoisotopic (exact) mass is 244 g/mol. The summed E-state index contributed by atoms with van der Waals surface area (Å²) in [5.74, 6) is 0.742. The van der Waals surface area contributed by atoms with Gasteiger partial charge in [-0.15, -0.1) is 0 Å². The lowest BCUT2D eigenvalue weighted by molar-refractivity contribution is 0.233. The molecule has 0 aliphatic heterocycles. The molecule has 0 bridgehead atoms. The van der Waals surface area contributed by atoms with Crippen LogP contribution in [0.15, 0.2) is 12.1 Å². The molecular formula is C18H28. The van der Waals surface area contributed by atoms with Crippen LogP contribution in [0.2, 0.25) is 0 Å². The van der Waals surface area contributed by atoms with Gasteiger partial charge in [-0.1, -0.05) is 53.7 Å². The van der Waals surface area contributed by atoms with Crippen LogP contribution in [0, 0.1) is 12.8 Å². The van der Waals surface area contributed by atoms with Gasteiger partial charge in [0, 0.05) is 0 Å². The number of hydrogen-bond donors (Lipinski definition) is 0. The van der Waals surface area contributed by atoms with Gasteiger partial charge in [-0.2, -0.15) is 0 Å². The molecule has 1 aliphatic carbocycles. The van der Waals surface area contributed by atoms with E-state index in [0.29, 0.717) is 10.8 Å². The Kier molecular flexibility index (Phi) is 3.12. The van der Waals surface area contributed by atoms with Crippen molar-refractivity contribution in [2.45, 2.75) is 72.1 Å². The fraction of sp³-hybridized carbons (Fsp3) is 0.667. The Balaban J connectivity index is 2.71. The normalized spacial score (nSPS) is 24.7. The number of rotatable bonds is 1. The highest BCUT2D eigenvalue weighted by molar-refractivity contribution is 5.47. The maximum atomic E-state index is 2.48. The second kappa shape index (κ2) is 4.11. The first kappa shape index (κ1) is 13.6. The molecule has 0 N–H and O–H groups in total. The van der Waals surface area contributed by atoms with Crippen LogP contribution in [-0.4, -0.2) is 0 Å². The van der Waals surface area contributed by atoms with Gasteiger partial charge in [-0.05, 0) is 58.8 Å². The molecule has 1 atom stereocenters. The minimum atomic E-state index is 0.307. The van der Waals surface area contributed by atoms with Gasteiger partial charge in [0.1, 0.15) is 0 Å². The van der Waals surface area contributed by atoms with E-state index in [1.54, 1.807) is 11.1 Å². The van der Waals surface area contributed by atoms with Crippen molar-refractivity contribution in [3.8, 4) is 0 Å². The van der Waals surface area contributed by atoms with E-state index in [9.17, 15) is 0 Å². The van der Waals surface area contributed by atoms with Crippen molar-refractivity contribution in [2.75, 3.05) is 0 Å². The van der Waals surface area contributed by atoms with Crippen molar-refractivity contribution in [1.29, 1.82) is 0 Å². The molecular weight excluding hydrogens is 216 g/mol. The first-order valence-corrected chi connectivity index (χ1v) is 7.34. The van der Waals surface area contributed by atoms with Gasteiger partial charge in [-0.3, -0.25) is 0 Å². The molecule has 1 aromatic carbocycles. The molecule has 0 radical (unpaired) electrons. The van der Waals surface area contributed by atoms with E-state index in [1.807, 2.05) is 0 Å². The first-order valence-electron chi connectivity index (χ1n) is 7.34. The van der Waals surface area contributed by atoms with Gasteiger partial charge in [0.2, 0.25) is 0 Å². The molecule has 0 nitrogen and oxygen atoms in total. The van der Waals surface area contributed by atoms with Crippen LogP contribution in [0.5, 0.6) is 0 Å². The summed E-state index contributed by atoms with van der Waals surface area (Å²) in [6.45, 7) is 16.6. The molecule has 0 fully saturated rings. The minimum absolute atomic E-state index is 0.307.